The van der Waals surface area contributed by atoms with Gasteiger partial charge < -0.3 is 9.64 Å². The summed E-state index contributed by atoms with van der Waals surface area (Å²) in [5, 5.41) is 8.29. The number of esters is 1. The van der Waals surface area contributed by atoms with Gasteiger partial charge in [0, 0.05) is 18.8 Å². The SMILES string of the molecule is CCN(CC(C)C(=O)OC#N)c1ccccc1. The summed E-state index contributed by atoms with van der Waals surface area (Å²) in [6.07, 6.45) is 1.41. The van der Waals surface area contributed by atoms with Gasteiger partial charge in [-0.25, -0.2) is 0 Å². The molecule has 0 N–H and O–H groups in total. The van der Waals surface area contributed by atoms with Crippen LogP contribution in [0.2, 0.25) is 0 Å². The van der Waals surface area contributed by atoms with E-state index < -0.39 is 5.97 Å². The first-order valence-electron chi connectivity index (χ1n) is 5.58. The summed E-state index contributed by atoms with van der Waals surface area (Å²) < 4.78 is 4.32. The van der Waals surface area contributed by atoms with Gasteiger partial charge in [-0.2, -0.15) is 0 Å². The largest absolute Gasteiger partial charge is 0.371 e. The number of nitrogens with zero attached hydrogens (tertiary/aromatic N) is 2. The Bertz CT molecular complexity index is 398. The van der Waals surface area contributed by atoms with E-state index in [1.807, 2.05) is 37.3 Å². The maximum absolute atomic E-state index is 11.4. The maximum Gasteiger partial charge on any atom is 0.326 e. The van der Waals surface area contributed by atoms with E-state index in [9.17, 15) is 4.79 Å². The van der Waals surface area contributed by atoms with Gasteiger partial charge in [0.25, 0.3) is 6.26 Å². The van der Waals surface area contributed by atoms with Gasteiger partial charge in [0.1, 0.15) is 0 Å². The predicted octanol–water partition coefficient (Wildman–Crippen LogP) is 2.17. The molecule has 0 spiro atoms. The van der Waals surface area contributed by atoms with Crippen LogP contribution in [-0.2, 0) is 9.53 Å². The van der Waals surface area contributed by atoms with Crippen LogP contribution < -0.4 is 4.90 Å². The lowest BCUT2D eigenvalue weighted by Gasteiger charge is -2.25. The highest BCUT2D eigenvalue weighted by Crippen LogP contribution is 2.15. The quantitative estimate of drug-likeness (QED) is 0.576. The van der Waals surface area contributed by atoms with E-state index in [4.69, 9.17) is 5.26 Å². The second-order valence-electron chi connectivity index (χ2n) is 3.79. The number of hydrogen-bond donors (Lipinski definition) is 0. The molecule has 0 fully saturated rings. The zero-order valence-corrected chi connectivity index (χ0v) is 10.1. The number of para-hydroxylation sites is 1. The zero-order chi connectivity index (χ0) is 12.7. The predicted molar refractivity (Wildman–Crippen MR) is 65.2 cm³/mol. The van der Waals surface area contributed by atoms with Crippen molar-refractivity contribution in [1.82, 2.24) is 0 Å². The maximum atomic E-state index is 11.4. The fourth-order valence-corrected chi connectivity index (χ4v) is 1.61. The van der Waals surface area contributed by atoms with E-state index in [2.05, 4.69) is 9.64 Å². The highest BCUT2D eigenvalue weighted by molar-refractivity contribution is 5.73. The van der Waals surface area contributed by atoms with Gasteiger partial charge in [-0.05, 0) is 19.1 Å². The van der Waals surface area contributed by atoms with Gasteiger partial charge in [0.15, 0.2) is 0 Å². The molecule has 4 heteroatoms. The van der Waals surface area contributed by atoms with Crippen LogP contribution in [0, 0.1) is 17.4 Å². The van der Waals surface area contributed by atoms with Crippen LogP contribution in [0.25, 0.3) is 0 Å². The van der Waals surface area contributed by atoms with Crippen LogP contribution >= 0.6 is 0 Å². The molecule has 1 rings (SSSR count). The molecule has 0 amide bonds. The topological polar surface area (TPSA) is 53.3 Å². The molecule has 90 valence electrons. The minimum absolute atomic E-state index is 0.324. The molecule has 4 nitrogen and oxygen atoms in total. The number of carbonyl (C=O) groups excluding carboxylic acids is 1. The average Bonchev–Trinajstić information content (AvgIpc) is 2.37. The minimum atomic E-state index is -0.484. The summed E-state index contributed by atoms with van der Waals surface area (Å²) in [4.78, 5) is 13.4. The van der Waals surface area contributed by atoms with Gasteiger partial charge in [-0.1, -0.05) is 25.1 Å². The first-order valence-corrected chi connectivity index (χ1v) is 5.58. The number of nitriles is 1. The zero-order valence-electron chi connectivity index (χ0n) is 10.1. The normalized spacial score (nSPS) is 11.4. The van der Waals surface area contributed by atoms with Crippen molar-refractivity contribution in [2.75, 3.05) is 18.0 Å². The molecule has 0 aliphatic carbocycles. The third kappa shape index (κ3) is 3.80. The van der Waals surface area contributed by atoms with Crippen LogP contribution in [-0.4, -0.2) is 19.1 Å². The Morgan fingerprint density at radius 2 is 2.12 bits per heavy atom. The molecular formula is C13H16N2O2. The smallest absolute Gasteiger partial charge is 0.326 e. The van der Waals surface area contributed by atoms with Crippen molar-refractivity contribution >= 4 is 11.7 Å². The van der Waals surface area contributed by atoms with Crippen molar-refractivity contribution < 1.29 is 9.53 Å². The van der Waals surface area contributed by atoms with Gasteiger partial charge in [-0.3, -0.25) is 4.79 Å². The first kappa shape index (κ1) is 13.0. The summed E-state index contributed by atoms with van der Waals surface area (Å²) in [6.45, 7) is 5.12. The molecular weight excluding hydrogens is 216 g/mol. The third-order valence-electron chi connectivity index (χ3n) is 2.55. The van der Waals surface area contributed by atoms with Gasteiger partial charge in [-0.15, -0.1) is 5.26 Å². The minimum Gasteiger partial charge on any atom is -0.371 e. The van der Waals surface area contributed by atoms with Crippen LogP contribution in [0.5, 0.6) is 0 Å². The van der Waals surface area contributed by atoms with Crippen molar-refractivity contribution in [2.45, 2.75) is 13.8 Å². The number of carbonyl (C=O) groups is 1. The van der Waals surface area contributed by atoms with Crippen molar-refractivity contribution in [3.05, 3.63) is 30.3 Å². The molecule has 1 unspecified atom stereocenters. The molecule has 0 saturated carbocycles. The second-order valence-corrected chi connectivity index (χ2v) is 3.79. The summed E-state index contributed by atoms with van der Waals surface area (Å²) in [6, 6.07) is 9.84. The Labute approximate surface area is 101 Å². The highest BCUT2D eigenvalue weighted by atomic mass is 16.5. The van der Waals surface area contributed by atoms with Crippen molar-refractivity contribution in [3.8, 4) is 6.26 Å². The molecule has 0 heterocycles. The van der Waals surface area contributed by atoms with Crippen LogP contribution in [0.3, 0.4) is 0 Å². The monoisotopic (exact) mass is 232 g/mol. The number of rotatable bonds is 5. The lowest BCUT2D eigenvalue weighted by molar-refractivity contribution is -0.140. The van der Waals surface area contributed by atoms with E-state index in [1.54, 1.807) is 6.92 Å². The summed E-state index contributed by atoms with van der Waals surface area (Å²) in [5.41, 5.74) is 1.06. The fourth-order valence-electron chi connectivity index (χ4n) is 1.61. The van der Waals surface area contributed by atoms with E-state index >= 15 is 0 Å². The number of ether oxygens (including phenoxy) is 1. The Hall–Kier alpha value is -2.02. The number of anilines is 1. The Morgan fingerprint density at radius 3 is 2.65 bits per heavy atom. The number of hydrogen-bond acceptors (Lipinski definition) is 4. The Kier molecular flexibility index (Phi) is 5.02. The molecule has 1 atom stereocenters. The van der Waals surface area contributed by atoms with Gasteiger partial charge in [0.2, 0.25) is 0 Å². The average molecular weight is 232 g/mol. The molecule has 0 radical (unpaired) electrons. The van der Waals surface area contributed by atoms with Gasteiger partial charge >= 0.3 is 5.97 Å². The molecule has 0 aliphatic rings. The van der Waals surface area contributed by atoms with Crippen LogP contribution in [0.1, 0.15) is 13.8 Å². The van der Waals surface area contributed by atoms with Crippen molar-refractivity contribution in [1.29, 1.82) is 5.26 Å². The summed E-state index contributed by atoms with van der Waals surface area (Å²) >= 11 is 0. The molecule has 0 saturated heterocycles. The second kappa shape index (κ2) is 6.54. The summed E-state index contributed by atoms with van der Waals surface area (Å²) in [5.74, 6) is -0.809. The third-order valence-corrected chi connectivity index (χ3v) is 2.55. The molecule has 0 aliphatic heterocycles. The molecule has 0 aromatic heterocycles. The molecule has 17 heavy (non-hydrogen) atoms. The summed E-state index contributed by atoms with van der Waals surface area (Å²) in [7, 11) is 0. The van der Waals surface area contributed by atoms with E-state index in [0.717, 1.165) is 12.2 Å². The van der Waals surface area contributed by atoms with E-state index in [0.29, 0.717) is 6.54 Å². The van der Waals surface area contributed by atoms with Crippen LogP contribution in [0.4, 0.5) is 5.69 Å². The highest BCUT2D eigenvalue weighted by Gasteiger charge is 2.18. The molecule has 0 bridgehead atoms. The Balaban J connectivity index is 2.65. The number of benzene rings is 1. The molecule has 1 aromatic rings. The standard InChI is InChI=1S/C13H16N2O2/c1-3-15(12-7-5-4-6-8-12)9-11(2)13(16)17-10-14/h4-8,11H,3,9H2,1-2H3. The van der Waals surface area contributed by atoms with E-state index in [1.165, 1.54) is 6.26 Å². The lowest BCUT2D eigenvalue weighted by Crippen LogP contribution is -2.32. The first-order chi connectivity index (χ1) is 8.19. The molecule has 1 aromatic carbocycles. The van der Waals surface area contributed by atoms with Crippen molar-refractivity contribution in [2.24, 2.45) is 5.92 Å². The van der Waals surface area contributed by atoms with E-state index in [-0.39, 0.29) is 5.92 Å². The fraction of sp³-hybridized carbons (Fsp3) is 0.385. The lowest BCUT2D eigenvalue weighted by atomic mass is 10.1. The van der Waals surface area contributed by atoms with Crippen molar-refractivity contribution in [3.63, 3.8) is 0 Å². The van der Waals surface area contributed by atoms with Gasteiger partial charge in [0.05, 0.1) is 5.92 Å². The Morgan fingerprint density at radius 1 is 1.47 bits per heavy atom. The van der Waals surface area contributed by atoms with Crippen LogP contribution in [0.15, 0.2) is 30.3 Å².